The van der Waals surface area contributed by atoms with Crippen LogP contribution in [0.15, 0.2) is 30.7 Å². The predicted octanol–water partition coefficient (Wildman–Crippen LogP) is 4.92. The molecule has 5 nitrogen and oxygen atoms in total. The lowest BCUT2D eigenvalue weighted by molar-refractivity contribution is -0.137. The van der Waals surface area contributed by atoms with Crippen LogP contribution < -0.4 is 5.32 Å². The summed E-state index contributed by atoms with van der Waals surface area (Å²) in [6, 6.07) is 0.937. The second-order valence-electron chi connectivity index (χ2n) is 7.10. The summed E-state index contributed by atoms with van der Waals surface area (Å²) in [7, 11) is 0. The van der Waals surface area contributed by atoms with Gasteiger partial charge in [0.25, 0.3) is 5.91 Å². The lowest BCUT2D eigenvalue weighted by Gasteiger charge is -2.40. The van der Waals surface area contributed by atoms with Crippen molar-refractivity contribution in [3.63, 3.8) is 0 Å². The minimum Gasteiger partial charge on any atom is -0.387 e. The van der Waals surface area contributed by atoms with Gasteiger partial charge in [-0.15, -0.1) is 0 Å². The van der Waals surface area contributed by atoms with Crippen molar-refractivity contribution in [2.24, 2.45) is 0 Å². The second-order valence-corrected chi connectivity index (χ2v) is 7.89. The zero-order valence-electron chi connectivity index (χ0n) is 15.4. The number of carbonyl (C=O) groups is 1. The van der Waals surface area contributed by atoms with E-state index in [1.165, 1.54) is 18.5 Å². The standard InChI is InChI=1S/C19H17Cl2F4N3O2/c20-13-4-7-26-9-11(13)16(18(30)5-1-10(22)2-6-18)28-17(29)15-14(21)12(3-8-27-15)19(23,24)25/h3-4,7-10,16,30H,1-2,5-6H2,(H,28,29)/t10-,16?,18-. The summed E-state index contributed by atoms with van der Waals surface area (Å²) in [6.07, 6.45) is -2.19. The maximum atomic E-state index is 13.6. The Hall–Kier alpha value is -1.97. The van der Waals surface area contributed by atoms with E-state index in [0.29, 0.717) is 6.07 Å². The Morgan fingerprint density at radius 2 is 1.90 bits per heavy atom. The Kier molecular flexibility index (Phi) is 6.54. The molecule has 2 heterocycles. The first-order chi connectivity index (χ1) is 14.0. The first kappa shape index (κ1) is 22.7. The summed E-state index contributed by atoms with van der Waals surface area (Å²) in [5.41, 5.74) is -3.20. The fourth-order valence-corrected chi connectivity index (χ4v) is 4.01. The maximum absolute atomic E-state index is 13.6. The van der Waals surface area contributed by atoms with Crippen LogP contribution in [-0.2, 0) is 6.18 Å². The molecule has 1 saturated carbocycles. The third-order valence-corrected chi connectivity index (χ3v) is 5.84. The van der Waals surface area contributed by atoms with Crippen LogP contribution in [0.25, 0.3) is 0 Å². The molecule has 1 unspecified atom stereocenters. The maximum Gasteiger partial charge on any atom is 0.417 e. The van der Waals surface area contributed by atoms with Crippen LogP contribution in [0.4, 0.5) is 17.6 Å². The highest BCUT2D eigenvalue weighted by atomic mass is 35.5. The van der Waals surface area contributed by atoms with E-state index < -0.39 is 46.2 Å². The molecule has 2 N–H and O–H groups in total. The van der Waals surface area contributed by atoms with Gasteiger partial charge in [-0.2, -0.15) is 13.2 Å². The fourth-order valence-electron chi connectivity index (χ4n) is 3.50. The minimum atomic E-state index is -4.78. The van der Waals surface area contributed by atoms with Gasteiger partial charge >= 0.3 is 6.18 Å². The molecular formula is C19H17Cl2F4N3O2. The van der Waals surface area contributed by atoms with Crippen molar-refractivity contribution in [2.45, 2.75) is 49.7 Å². The van der Waals surface area contributed by atoms with Crippen LogP contribution in [0.2, 0.25) is 10.0 Å². The molecule has 0 spiro atoms. The van der Waals surface area contributed by atoms with E-state index in [4.69, 9.17) is 23.2 Å². The number of aromatic nitrogens is 2. The largest absolute Gasteiger partial charge is 0.417 e. The first-order valence-electron chi connectivity index (χ1n) is 9.01. The molecule has 2 aromatic heterocycles. The number of aliphatic hydroxyl groups is 1. The van der Waals surface area contributed by atoms with Crippen LogP contribution in [0.5, 0.6) is 0 Å². The van der Waals surface area contributed by atoms with Crippen LogP contribution in [0.3, 0.4) is 0 Å². The molecule has 11 heteroatoms. The number of pyridine rings is 2. The van der Waals surface area contributed by atoms with Gasteiger partial charge in [-0.05, 0) is 37.8 Å². The molecule has 1 aliphatic carbocycles. The number of hydrogen-bond acceptors (Lipinski definition) is 4. The van der Waals surface area contributed by atoms with E-state index in [1.807, 2.05) is 0 Å². The van der Waals surface area contributed by atoms with Gasteiger partial charge in [0.2, 0.25) is 0 Å². The number of halogens is 6. The van der Waals surface area contributed by atoms with Gasteiger partial charge in [-0.3, -0.25) is 9.78 Å². The van der Waals surface area contributed by atoms with E-state index in [9.17, 15) is 27.5 Å². The van der Waals surface area contributed by atoms with Gasteiger partial charge in [0.15, 0.2) is 0 Å². The summed E-state index contributed by atoms with van der Waals surface area (Å²) in [4.78, 5) is 20.4. The normalized spacial score (nSPS) is 23.1. The summed E-state index contributed by atoms with van der Waals surface area (Å²) in [6.45, 7) is 0. The Balaban J connectivity index is 1.98. The van der Waals surface area contributed by atoms with Crippen molar-refractivity contribution in [1.82, 2.24) is 15.3 Å². The molecule has 2 aromatic rings. The van der Waals surface area contributed by atoms with E-state index >= 15 is 0 Å². The number of rotatable bonds is 4. The molecular weight excluding hydrogens is 449 g/mol. The fraction of sp³-hybridized carbons (Fsp3) is 0.421. The first-order valence-corrected chi connectivity index (χ1v) is 9.77. The van der Waals surface area contributed by atoms with Gasteiger partial charge in [-0.1, -0.05) is 23.2 Å². The summed E-state index contributed by atoms with van der Waals surface area (Å²) >= 11 is 12.0. The number of amides is 1. The zero-order valence-corrected chi connectivity index (χ0v) is 16.9. The van der Waals surface area contributed by atoms with Crippen LogP contribution >= 0.6 is 23.2 Å². The quantitative estimate of drug-likeness (QED) is 0.628. The van der Waals surface area contributed by atoms with Gasteiger partial charge in [0, 0.05) is 29.2 Å². The van der Waals surface area contributed by atoms with E-state index in [0.717, 1.165) is 6.20 Å². The Labute approximate surface area is 179 Å². The average molecular weight is 466 g/mol. The second kappa shape index (κ2) is 8.64. The smallest absolute Gasteiger partial charge is 0.387 e. The van der Waals surface area contributed by atoms with Crippen molar-refractivity contribution in [2.75, 3.05) is 0 Å². The summed E-state index contributed by atoms with van der Waals surface area (Å²) < 4.78 is 53.0. The monoisotopic (exact) mass is 465 g/mol. The zero-order chi connectivity index (χ0) is 22.1. The topological polar surface area (TPSA) is 75.1 Å². The van der Waals surface area contributed by atoms with Crippen molar-refractivity contribution >= 4 is 29.1 Å². The summed E-state index contributed by atoms with van der Waals surface area (Å²) in [5.74, 6) is -1.04. The highest BCUT2D eigenvalue weighted by Crippen LogP contribution is 2.42. The number of nitrogens with one attached hydrogen (secondary N) is 1. The third-order valence-electron chi connectivity index (χ3n) is 5.11. The molecule has 1 fully saturated rings. The number of alkyl halides is 4. The molecule has 30 heavy (non-hydrogen) atoms. The van der Waals surface area contributed by atoms with Crippen LogP contribution in [0.1, 0.15) is 53.3 Å². The molecule has 1 aliphatic rings. The lowest BCUT2D eigenvalue weighted by Crippen LogP contribution is -2.49. The number of nitrogens with zero attached hydrogens (tertiary/aromatic N) is 2. The molecule has 162 valence electrons. The van der Waals surface area contributed by atoms with E-state index in [2.05, 4.69) is 15.3 Å². The molecule has 0 saturated heterocycles. The summed E-state index contributed by atoms with van der Waals surface area (Å²) in [5, 5.41) is 13.0. The SMILES string of the molecule is O=C(NC(c1cnccc1Cl)[C@]1(O)CC[C@H](F)CC1)c1nccc(C(F)(F)F)c1Cl. The van der Waals surface area contributed by atoms with Crippen molar-refractivity contribution in [1.29, 1.82) is 0 Å². The van der Waals surface area contributed by atoms with E-state index in [-0.39, 0.29) is 36.3 Å². The molecule has 1 amide bonds. The number of hydrogen-bond donors (Lipinski definition) is 2. The van der Waals surface area contributed by atoms with Crippen LogP contribution in [-0.4, -0.2) is 32.8 Å². The average Bonchev–Trinajstić information content (AvgIpc) is 2.68. The van der Waals surface area contributed by atoms with Gasteiger partial charge in [0.05, 0.1) is 22.2 Å². The molecule has 0 bridgehead atoms. The molecule has 0 aromatic carbocycles. The van der Waals surface area contributed by atoms with Crippen molar-refractivity contribution in [3.05, 3.63) is 57.6 Å². The predicted molar refractivity (Wildman–Crippen MR) is 102 cm³/mol. The van der Waals surface area contributed by atoms with Gasteiger partial charge < -0.3 is 10.4 Å². The molecule has 3 rings (SSSR count). The number of carbonyl (C=O) groups excluding carboxylic acids is 1. The Morgan fingerprint density at radius 1 is 1.23 bits per heavy atom. The van der Waals surface area contributed by atoms with Crippen LogP contribution in [0, 0.1) is 0 Å². The highest BCUT2D eigenvalue weighted by molar-refractivity contribution is 6.34. The van der Waals surface area contributed by atoms with Crippen molar-refractivity contribution < 1.29 is 27.5 Å². The van der Waals surface area contributed by atoms with Crippen molar-refractivity contribution in [3.8, 4) is 0 Å². The third kappa shape index (κ3) is 4.68. The highest BCUT2D eigenvalue weighted by Gasteiger charge is 2.44. The van der Waals surface area contributed by atoms with E-state index in [1.54, 1.807) is 0 Å². The Bertz CT molecular complexity index is 934. The van der Waals surface area contributed by atoms with Gasteiger partial charge in [-0.25, -0.2) is 9.37 Å². The minimum absolute atomic E-state index is 0.00802. The molecule has 0 radical (unpaired) electrons. The molecule has 1 atom stereocenters. The lowest BCUT2D eigenvalue weighted by atomic mass is 9.76. The molecule has 0 aliphatic heterocycles. The Morgan fingerprint density at radius 3 is 2.50 bits per heavy atom. The van der Waals surface area contributed by atoms with Gasteiger partial charge in [0.1, 0.15) is 11.9 Å².